The second-order valence-electron chi connectivity index (χ2n) is 4.88. The van der Waals surface area contributed by atoms with Crippen molar-refractivity contribution in [2.75, 3.05) is 0 Å². The lowest BCUT2D eigenvalue weighted by atomic mass is 9.71. The van der Waals surface area contributed by atoms with Gasteiger partial charge in [0.05, 0.1) is 17.8 Å². The molecule has 4 nitrogen and oxygen atoms in total. The normalized spacial score (nSPS) is 14.1. The molecule has 0 N–H and O–H groups in total. The third-order valence-corrected chi connectivity index (χ3v) is 3.37. The molecule has 1 aromatic heterocycles. The average molecular weight is 339 g/mol. The summed E-state index contributed by atoms with van der Waals surface area (Å²) in [6.45, 7) is 1.43. The Balaban J connectivity index is 3.20. The SMILES string of the molecule is CCC(c1cc(C(F)(F)F)on1)C(C#N)(C#N)CCC(F)(F)F. The zero-order valence-corrected chi connectivity index (χ0v) is 11.8. The van der Waals surface area contributed by atoms with Gasteiger partial charge in [0, 0.05) is 18.4 Å². The average Bonchev–Trinajstić information content (AvgIpc) is 2.92. The molecule has 1 rings (SSSR count). The van der Waals surface area contributed by atoms with Gasteiger partial charge in [-0.25, -0.2) is 0 Å². The number of aromatic nitrogens is 1. The minimum atomic E-state index is -4.82. The Morgan fingerprint density at radius 3 is 2.04 bits per heavy atom. The first kappa shape index (κ1) is 18.8. The van der Waals surface area contributed by atoms with E-state index in [0.29, 0.717) is 6.07 Å². The van der Waals surface area contributed by atoms with Gasteiger partial charge in [0.2, 0.25) is 5.76 Å². The highest BCUT2D eigenvalue weighted by Crippen LogP contribution is 2.44. The molecular weight excluding hydrogens is 328 g/mol. The zero-order chi connectivity index (χ0) is 17.9. The van der Waals surface area contributed by atoms with Crippen LogP contribution >= 0.6 is 0 Å². The predicted molar refractivity (Wildman–Crippen MR) is 63.5 cm³/mol. The highest BCUT2D eigenvalue weighted by molar-refractivity contribution is 5.27. The Labute approximate surface area is 127 Å². The van der Waals surface area contributed by atoms with E-state index in [9.17, 15) is 36.9 Å². The van der Waals surface area contributed by atoms with Crippen molar-refractivity contribution in [1.82, 2.24) is 5.16 Å². The number of alkyl halides is 6. The molecule has 0 amide bonds. The van der Waals surface area contributed by atoms with Crippen molar-refractivity contribution in [3.8, 4) is 12.1 Å². The maximum atomic E-state index is 12.5. The first-order valence-corrected chi connectivity index (χ1v) is 6.42. The first-order chi connectivity index (χ1) is 10.5. The minimum Gasteiger partial charge on any atom is -0.351 e. The number of hydrogen-bond acceptors (Lipinski definition) is 4. The smallest absolute Gasteiger partial charge is 0.351 e. The predicted octanol–water partition coefficient (Wildman–Crippen LogP) is 4.56. The number of hydrogen-bond donors (Lipinski definition) is 0. The summed E-state index contributed by atoms with van der Waals surface area (Å²) in [7, 11) is 0. The minimum absolute atomic E-state index is 0.0528. The Hall–Kier alpha value is -2.23. The van der Waals surface area contributed by atoms with Crippen LogP contribution in [0.5, 0.6) is 0 Å². The molecule has 1 atom stereocenters. The molecule has 10 heteroatoms. The van der Waals surface area contributed by atoms with E-state index in [1.807, 2.05) is 0 Å². The lowest BCUT2D eigenvalue weighted by molar-refractivity contribution is -0.155. The standard InChI is InChI=1S/C13H11F6N3O/c1-2-8(9-5-10(23-22-9)13(17,18)19)11(6-20,7-21)3-4-12(14,15)16/h5,8H,2-4H2,1H3. The second-order valence-corrected chi connectivity index (χ2v) is 4.88. The maximum absolute atomic E-state index is 12.5. The van der Waals surface area contributed by atoms with Gasteiger partial charge < -0.3 is 4.52 Å². The van der Waals surface area contributed by atoms with Crippen molar-refractivity contribution in [3.63, 3.8) is 0 Å². The first-order valence-electron chi connectivity index (χ1n) is 6.42. The van der Waals surface area contributed by atoms with Gasteiger partial charge in [-0.1, -0.05) is 12.1 Å². The molecule has 0 spiro atoms. The lowest BCUT2D eigenvalue weighted by Gasteiger charge is -2.27. The summed E-state index contributed by atoms with van der Waals surface area (Å²) in [5, 5.41) is 21.5. The molecule has 1 heterocycles. The summed E-state index contributed by atoms with van der Waals surface area (Å²) < 4.78 is 78.8. The van der Waals surface area contributed by atoms with Gasteiger partial charge >= 0.3 is 12.4 Å². The summed E-state index contributed by atoms with van der Waals surface area (Å²) in [5.41, 5.74) is -2.52. The van der Waals surface area contributed by atoms with Crippen molar-refractivity contribution >= 4 is 0 Å². The number of rotatable bonds is 5. The molecule has 1 aromatic rings. The van der Waals surface area contributed by atoms with Crippen LogP contribution in [0.15, 0.2) is 10.6 Å². The second kappa shape index (κ2) is 6.49. The molecule has 23 heavy (non-hydrogen) atoms. The van der Waals surface area contributed by atoms with E-state index >= 15 is 0 Å². The summed E-state index contributed by atoms with van der Waals surface area (Å²) in [4.78, 5) is 0. The van der Waals surface area contributed by atoms with E-state index in [-0.39, 0.29) is 12.1 Å². The molecule has 0 fully saturated rings. The Bertz CT molecular complexity index is 605. The van der Waals surface area contributed by atoms with Crippen LogP contribution in [0, 0.1) is 28.1 Å². The van der Waals surface area contributed by atoms with Crippen LogP contribution in [0.3, 0.4) is 0 Å². The number of halogens is 6. The molecule has 0 saturated heterocycles. The van der Waals surface area contributed by atoms with Crippen molar-refractivity contribution in [2.24, 2.45) is 5.41 Å². The fraction of sp³-hybridized carbons (Fsp3) is 0.615. The van der Waals surface area contributed by atoms with Crippen molar-refractivity contribution in [2.45, 2.75) is 44.5 Å². The fourth-order valence-electron chi connectivity index (χ4n) is 2.20. The van der Waals surface area contributed by atoms with E-state index in [0.717, 1.165) is 0 Å². The number of nitrogens with zero attached hydrogens (tertiary/aromatic N) is 3. The summed E-state index contributed by atoms with van der Waals surface area (Å²) >= 11 is 0. The van der Waals surface area contributed by atoms with Crippen LogP contribution in [0.1, 0.15) is 43.6 Å². The Kier molecular flexibility index (Phi) is 5.31. The van der Waals surface area contributed by atoms with Gasteiger partial charge in [0.1, 0.15) is 0 Å². The third-order valence-electron chi connectivity index (χ3n) is 3.37. The quantitative estimate of drug-likeness (QED) is 0.737. The van der Waals surface area contributed by atoms with Crippen molar-refractivity contribution < 1.29 is 30.9 Å². The molecule has 126 valence electrons. The molecule has 0 bridgehead atoms. The van der Waals surface area contributed by atoms with Crippen LogP contribution in [-0.4, -0.2) is 11.3 Å². The van der Waals surface area contributed by atoms with Crippen molar-refractivity contribution in [3.05, 3.63) is 17.5 Å². The maximum Gasteiger partial charge on any atom is 0.452 e. The van der Waals surface area contributed by atoms with Crippen LogP contribution in [0.2, 0.25) is 0 Å². The van der Waals surface area contributed by atoms with Gasteiger partial charge in [-0.15, -0.1) is 0 Å². The molecule has 0 aliphatic heterocycles. The molecule has 0 aliphatic carbocycles. The zero-order valence-electron chi connectivity index (χ0n) is 11.8. The van der Waals surface area contributed by atoms with Crippen LogP contribution < -0.4 is 0 Å². The van der Waals surface area contributed by atoms with E-state index in [4.69, 9.17) is 0 Å². The molecule has 0 saturated carbocycles. The third kappa shape index (κ3) is 4.38. The summed E-state index contributed by atoms with van der Waals surface area (Å²) in [6, 6.07) is 3.53. The number of nitriles is 2. The monoisotopic (exact) mass is 339 g/mol. The highest BCUT2D eigenvalue weighted by Gasteiger charge is 2.45. The summed E-state index contributed by atoms with van der Waals surface area (Å²) in [5.74, 6) is -2.67. The molecule has 0 aliphatic rings. The van der Waals surface area contributed by atoms with Gasteiger partial charge in [-0.05, 0) is 12.8 Å². The van der Waals surface area contributed by atoms with E-state index < -0.39 is 42.3 Å². The lowest BCUT2D eigenvalue weighted by Crippen LogP contribution is -2.28. The van der Waals surface area contributed by atoms with Crippen LogP contribution in [0.4, 0.5) is 26.3 Å². The molecule has 1 unspecified atom stereocenters. The fourth-order valence-corrected chi connectivity index (χ4v) is 2.20. The summed E-state index contributed by atoms with van der Waals surface area (Å²) in [6.07, 6.45) is -11.7. The van der Waals surface area contributed by atoms with E-state index in [2.05, 4.69) is 9.68 Å². The van der Waals surface area contributed by atoms with Crippen molar-refractivity contribution in [1.29, 1.82) is 10.5 Å². The Morgan fingerprint density at radius 2 is 1.70 bits per heavy atom. The van der Waals surface area contributed by atoms with E-state index in [1.54, 1.807) is 0 Å². The largest absolute Gasteiger partial charge is 0.452 e. The highest BCUT2D eigenvalue weighted by atomic mass is 19.4. The molecule has 0 radical (unpaired) electrons. The van der Waals surface area contributed by atoms with Gasteiger partial charge in [-0.2, -0.15) is 36.9 Å². The van der Waals surface area contributed by atoms with E-state index in [1.165, 1.54) is 19.1 Å². The molecule has 0 aromatic carbocycles. The Morgan fingerprint density at radius 1 is 1.13 bits per heavy atom. The van der Waals surface area contributed by atoms with Crippen LogP contribution in [-0.2, 0) is 6.18 Å². The van der Waals surface area contributed by atoms with Gasteiger partial charge in [0.15, 0.2) is 5.41 Å². The van der Waals surface area contributed by atoms with Gasteiger partial charge in [-0.3, -0.25) is 0 Å². The van der Waals surface area contributed by atoms with Crippen LogP contribution in [0.25, 0.3) is 0 Å². The molecular formula is C13H11F6N3O. The van der Waals surface area contributed by atoms with Gasteiger partial charge in [0.25, 0.3) is 0 Å². The topological polar surface area (TPSA) is 73.6 Å².